The number of benzene rings is 2. The van der Waals surface area contributed by atoms with E-state index in [1.54, 1.807) is 18.0 Å². The van der Waals surface area contributed by atoms with Gasteiger partial charge in [-0.05, 0) is 56.9 Å². The standard InChI is InChI=1S/C23H28ClN5O/c1-28(2)13-7-12-25-23-19-10-4-5-11-20(19)26-21(27-23)16-29(3)22(30)15-17-8-6-9-18(24)14-17/h4-6,8-11,14H,7,12-13,15-16H2,1-3H3,(H,25,26,27). The van der Waals surface area contributed by atoms with Crippen molar-refractivity contribution in [2.24, 2.45) is 0 Å². The topological polar surface area (TPSA) is 61.4 Å². The normalized spacial score (nSPS) is 11.1. The molecular weight excluding hydrogens is 398 g/mol. The lowest BCUT2D eigenvalue weighted by Gasteiger charge is -2.18. The first-order chi connectivity index (χ1) is 14.4. The number of anilines is 1. The molecule has 0 fully saturated rings. The molecule has 7 heteroatoms. The summed E-state index contributed by atoms with van der Waals surface area (Å²) in [5.74, 6) is 1.42. The number of hydrogen-bond acceptors (Lipinski definition) is 5. The van der Waals surface area contributed by atoms with Gasteiger partial charge in [0.15, 0.2) is 5.82 Å². The predicted octanol–water partition coefficient (Wildman–Crippen LogP) is 3.85. The average molecular weight is 426 g/mol. The average Bonchev–Trinajstić information content (AvgIpc) is 2.71. The van der Waals surface area contributed by atoms with E-state index in [-0.39, 0.29) is 5.91 Å². The molecule has 1 heterocycles. The molecule has 0 saturated heterocycles. The molecule has 0 aliphatic carbocycles. The van der Waals surface area contributed by atoms with Gasteiger partial charge in [0.05, 0.1) is 18.5 Å². The number of carbonyl (C=O) groups is 1. The lowest BCUT2D eigenvalue weighted by Crippen LogP contribution is -2.28. The minimum Gasteiger partial charge on any atom is -0.369 e. The van der Waals surface area contributed by atoms with Gasteiger partial charge in [-0.3, -0.25) is 4.79 Å². The van der Waals surface area contributed by atoms with Crippen molar-refractivity contribution in [3.05, 3.63) is 64.9 Å². The summed E-state index contributed by atoms with van der Waals surface area (Å²) < 4.78 is 0. The lowest BCUT2D eigenvalue weighted by molar-refractivity contribution is -0.129. The number of likely N-dealkylation sites (N-methyl/N-ethyl adjacent to an activating group) is 1. The zero-order valence-electron chi connectivity index (χ0n) is 17.7. The van der Waals surface area contributed by atoms with Gasteiger partial charge in [0.2, 0.25) is 5.91 Å². The summed E-state index contributed by atoms with van der Waals surface area (Å²) >= 11 is 6.03. The van der Waals surface area contributed by atoms with Gasteiger partial charge in [0.25, 0.3) is 0 Å². The van der Waals surface area contributed by atoms with Gasteiger partial charge in [0, 0.05) is 24.0 Å². The molecule has 158 valence electrons. The second-order valence-electron chi connectivity index (χ2n) is 7.65. The Labute approximate surface area is 182 Å². The summed E-state index contributed by atoms with van der Waals surface area (Å²) in [4.78, 5) is 25.8. The maximum atomic E-state index is 12.7. The minimum absolute atomic E-state index is 0.00508. The SMILES string of the molecule is CN(C)CCCNc1nc(CN(C)C(=O)Cc2cccc(Cl)c2)nc2ccccc12. The van der Waals surface area contributed by atoms with Gasteiger partial charge in [-0.15, -0.1) is 0 Å². The van der Waals surface area contributed by atoms with Gasteiger partial charge in [-0.2, -0.15) is 0 Å². The van der Waals surface area contributed by atoms with Crippen molar-refractivity contribution < 1.29 is 4.79 Å². The van der Waals surface area contributed by atoms with Crippen molar-refractivity contribution in [2.75, 3.05) is 39.5 Å². The van der Waals surface area contributed by atoms with Crippen LogP contribution in [0.2, 0.25) is 5.02 Å². The van der Waals surface area contributed by atoms with E-state index in [2.05, 4.69) is 29.3 Å². The van der Waals surface area contributed by atoms with Crippen LogP contribution < -0.4 is 5.32 Å². The maximum Gasteiger partial charge on any atom is 0.227 e. The number of nitrogens with zero attached hydrogens (tertiary/aromatic N) is 4. The molecule has 3 aromatic rings. The highest BCUT2D eigenvalue weighted by Crippen LogP contribution is 2.21. The summed E-state index contributed by atoms with van der Waals surface area (Å²) in [6, 6.07) is 15.3. The molecule has 30 heavy (non-hydrogen) atoms. The van der Waals surface area contributed by atoms with Crippen LogP contribution in [0, 0.1) is 0 Å². The Morgan fingerprint density at radius 1 is 1.07 bits per heavy atom. The van der Waals surface area contributed by atoms with E-state index in [9.17, 15) is 4.79 Å². The number of halogens is 1. The van der Waals surface area contributed by atoms with Crippen LogP contribution in [0.1, 0.15) is 17.8 Å². The first kappa shape index (κ1) is 22.0. The molecule has 6 nitrogen and oxygen atoms in total. The van der Waals surface area contributed by atoms with Gasteiger partial charge in [-0.25, -0.2) is 9.97 Å². The van der Waals surface area contributed by atoms with Gasteiger partial charge in [-0.1, -0.05) is 35.9 Å². The number of hydrogen-bond donors (Lipinski definition) is 1. The molecule has 1 aromatic heterocycles. The fourth-order valence-electron chi connectivity index (χ4n) is 3.19. The molecule has 2 aromatic carbocycles. The fourth-order valence-corrected chi connectivity index (χ4v) is 3.40. The molecule has 1 amide bonds. The van der Waals surface area contributed by atoms with E-state index in [1.807, 2.05) is 42.5 Å². The summed E-state index contributed by atoms with van der Waals surface area (Å²) in [6.07, 6.45) is 1.30. The zero-order valence-corrected chi connectivity index (χ0v) is 18.5. The highest BCUT2D eigenvalue weighted by molar-refractivity contribution is 6.30. The van der Waals surface area contributed by atoms with Crippen LogP contribution in [0.3, 0.4) is 0 Å². The summed E-state index contributed by atoms with van der Waals surface area (Å²) in [6.45, 7) is 2.17. The van der Waals surface area contributed by atoms with Crippen LogP contribution >= 0.6 is 11.6 Å². The second kappa shape index (κ2) is 10.4. The van der Waals surface area contributed by atoms with Crippen molar-refractivity contribution in [3.63, 3.8) is 0 Å². The quantitative estimate of drug-likeness (QED) is 0.527. The van der Waals surface area contributed by atoms with Crippen LogP contribution in [0.5, 0.6) is 0 Å². The number of para-hydroxylation sites is 1. The molecule has 0 aliphatic rings. The summed E-state index contributed by atoms with van der Waals surface area (Å²) in [5, 5.41) is 5.05. The number of fused-ring (bicyclic) bond motifs is 1. The summed E-state index contributed by atoms with van der Waals surface area (Å²) in [5.41, 5.74) is 1.76. The molecule has 0 unspecified atom stereocenters. The highest BCUT2D eigenvalue weighted by atomic mass is 35.5. The van der Waals surface area contributed by atoms with Crippen molar-refractivity contribution in [1.82, 2.24) is 19.8 Å². The number of carbonyl (C=O) groups excluding carboxylic acids is 1. The number of rotatable bonds is 9. The largest absolute Gasteiger partial charge is 0.369 e. The molecule has 0 atom stereocenters. The zero-order chi connectivity index (χ0) is 21.5. The van der Waals surface area contributed by atoms with Gasteiger partial charge < -0.3 is 15.1 Å². The monoisotopic (exact) mass is 425 g/mol. The third-order valence-electron chi connectivity index (χ3n) is 4.77. The molecule has 0 aliphatic heterocycles. The Kier molecular flexibility index (Phi) is 7.60. The molecule has 1 N–H and O–H groups in total. The van der Waals surface area contributed by atoms with E-state index >= 15 is 0 Å². The molecule has 3 rings (SSSR count). The Morgan fingerprint density at radius 2 is 1.87 bits per heavy atom. The Hall–Kier alpha value is -2.70. The summed E-state index contributed by atoms with van der Waals surface area (Å²) in [7, 11) is 5.90. The van der Waals surface area contributed by atoms with E-state index in [1.165, 1.54) is 0 Å². The highest BCUT2D eigenvalue weighted by Gasteiger charge is 2.14. The van der Waals surface area contributed by atoms with Crippen LogP contribution in [-0.4, -0.2) is 59.9 Å². The van der Waals surface area contributed by atoms with Crippen molar-refractivity contribution in [3.8, 4) is 0 Å². The minimum atomic E-state index is -0.00508. The first-order valence-corrected chi connectivity index (χ1v) is 10.4. The van der Waals surface area contributed by atoms with E-state index in [4.69, 9.17) is 16.6 Å². The maximum absolute atomic E-state index is 12.7. The third kappa shape index (κ3) is 6.15. The van der Waals surface area contributed by atoms with E-state index < -0.39 is 0 Å². The van der Waals surface area contributed by atoms with Gasteiger partial charge >= 0.3 is 0 Å². The second-order valence-corrected chi connectivity index (χ2v) is 8.08. The van der Waals surface area contributed by atoms with E-state index in [0.29, 0.717) is 23.8 Å². The molecule has 0 radical (unpaired) electrons. The molecule has 0 bridgehead atoms. The van der Waals surface area contributed by atoms with Crippen LogP contribution in [0.25, 0.3) is 10.9 Å². The van der Waals surface area contributed by atoms with Crippen molar-refractivity contribution >= 4 is 34.2 Å². The Balaban J connectivity index is 1.72. The smallest absolute Gasteiger partial charge is 0.227 e. The Morgan fingerprint density at radius 3 is 2.63 bits per heavy atom. The lowest BCUT2D eigenvalue weighted by atomic mass is 10.1. The third-order valence-corrected chi connectivity index (χ3v) is 5.01. The number of amides is 1. The number of aromatic nitrogens is 2. The Bertz CT molecular complexity index is 1010. The molecular formula is C23H28ClN5O. The van der Waals surface area contributed by atoms with Crippen LogP contribution in [0.15, 0.2) is 48.5 Å². The molecule has 0 spiro atoms. The van der Waals surface area contributed by atoms with Crippen molar-refractivity contribution in [1.29, 1.82) is 0 Å². The van der Waals surface area contributed by atoms with E-state index in [0.717, 1.165) is 41.8 Å². The predicted molar refractivity (Wildman–Crippen MR) is 123 cm³/mol. The molecule has 0 saturated carbocycles. The van der Waals surface area contributed by atoms with Gasteiger partial charge in [0.1, 0.15) is 5.82 Å². The van der Waals surface area contributed by atoms with Crippen LogP contribution in [0.4, 0.5) is 5.82 Å². The first-order valence-electron chi connectivity index (χ1n) is 10.0. The van der Waals surface area contributed by atoms with Crippen LogP contribution in [-0.2, 0) is 17.8 Å². The van der Waals surface area contributed by atoms with Crippen molar-refractivity contribution in [2.45, 2.75) is 19.4 Å². The number of nitrogens with one attached hydrogen (secondary N) is 1. The fraction of sp³-hybridized carbons (Fsp3) is 0.348.